The van der Waals surface area contributed by atoms with Crippen LogP contribution in [0.1, 0.15) is 36.8 Å². The van der Waals surface area contributed by atoms with Crippen LogP contribution in [0.4, 0.5) is 0 Å². The first kappa shape index (κ1) is 12.8. The van der Waals surface area contributed by atoms with Crippen molar-refractivity contribution in [3.63, 3.8) is 0 Å². The normalized spacial score (nSPS) is 11.6. The average molecular weight is 244 g/mol. The molecule has 0 aliphatic heterocycles. The summed E-state index contributed by atoms with van der Waals surface area (Å²) < 4.78 is 1.07. The van der Waals surface area contributed by atoms with Gasteiger partial charge in [-0.1, -0.05) is 32.4 Å². The highest BCUT2D eigenvalue weighted by molar-refractivity contribution is 6.30. The van der Waals surface area contributed by atoms with Gasteiger partial charge in [-0.25, -0.2) is 4.79 Å². The number of carboxylic acid groups (broad SMARTS) is 1. The van der Waals surface area contributed by atoms with Crippen LogP contribution in [-0.4, -0.2) is 15.6 Å². The zero-order valence-corrected chi connectivity index (χ0v) is 10.4. The molecule has 16 heavy (non-hydrogen) atoms. The smallest absolute Gasteiger partial charge is 0.352 e. The number of halogens is 1. The molecule has 1 heterocycles. The molecule has 4 nitrogen and oxygen atoms in total. The summed E-state index contributed by atoms with van der Waals surface area (Å²) >= 11 is 5.78. The molecule has 0 amide bonds. The highest BCUT2D eigenvalue weighted by atomic mass is 35.5. The third-order valence-corrected chi connectivity index (χ3v) is 2.65. The quantitative estimate of drug-likeness (QED) is 0.821. The lowest BCUT2D eigenvalue weighted by Gasteiger charge is -2.22. The predicted molar refractivity (Wildman–Crippen MR) is 62.4 cm³/mol. The zero-order chi connectivity index (χ0) is 12.7. The molecule has 0 aliphatic rings. The standard InChI is InChI=1S/C11H14ClNO3/c1-11(2,3)6-5-7(12)9(14)13(4)8(6)10(15)16/h5H,1-4H3,(H,15,16). The van der Waals surface area contributed by atoms with E-state index in [0.29, 0.717) is 5.56 Å². The molecule has 0 atom stereocenters. The third kappa shape index (κ3) is 2.11. The van der Waals surface area contributed by atoms with Gasteiger partial charge in [-0.05, 0) is 17.0 Å². The number of hydrogen-bond acceptors (Lipinski definition) is 2. The van der Waals surface area contributed by atoms with Crippen LogP contribution in [0.2, 0.25) is 5.02 Å². The molecular weight excluding hydrogens is 230 g/mol. The Morgan fingerprint density at radius 3 is 2.31 bits per heavy atom. The van der Waals surface area contributed by atoms with Crippen molar-refractivity contribution in [3.8, 4) is 0 Å². The lowest BCUT2D eigenvalue weighted by atomic mass is 9.85. The van der Waals surface area contributed by atoms with E-state index in [0.717, 1.165) is 4.57 Å². The van der Waals surface area contributed by atoms with Crippen molar-refractivity contribution in [1.82, 2.24) is 4.57 Å². The monoisotopic (exact) mass is 243 g/mol. The summed E-state index contributed by atoms with van der Waals surface area (Å²) in [6, 6.07) is 1.44. The number of aromatic nitrogens is 1. The van der Waals surface area contributed by atoms with E-state index >= 15 is 0 Å². The molecule has 0 aromatic carbocycles. The van der Waals surface area contributed by atoms with Gasteiger partial charge in [0.25, 0.3) is 5.56 Å². The van der Waals surface area contributed by atoms with Gasteiger partial charge in [0.1, 0.15) is 10.7 Å². The van der Waals surface area contributed by atoms with E-state index in [2.05, 4.69) is 0 Å². The number of pyridine rings is 1. The lowest BCUT2D eigenvalue weighted by Crippen LogP contribution is -2.29. The van der Waals surface area contributed by atoms with Crippen LogP contribution in [0.5, 0.6) is 0 Å². The van der Waals surface area contributed by atoms with E-state index in [9.17, 15) is 9.59 Å². The molecule has 1 rings (SSSR count). The van der Waals surface area contributed by atoms with Gasteiger partial charge in [0.15, 0.2) is 0 Å². The molecule has 5 heteroatoms. The van der Waals surface area contributed by atoms with Crippen LogP contribution in [0.15, 0.2) is 10.9 Å². The second-order valence-corrected chi connectivity index (χ2v) is 5.08. The Labute approximate surface area is 98.5 Å². The van der Waals surface area contributed by atoms with E-state index in [1.165, 1.54) is 13.1 Å². The molecule has 0 saturated carbocycles. The topological polar surface area (TPSA) is 59.3 Å². The number of aromatic carboxylic acids is 1. The molecule has 0 bridgehead atoms. The van der Waals surface area contributed by atoms with Gasteiger partial charge in [-0.2, -0.15) is 0 Å². The van der Waals surface area contributed by atoms with Crippen LogP contribution in [-0.2, 0) is 12.5 Å². The molecule has 0 spiro atoms. The Kier molecular flexibility index (Phi) is 3.15. The maximum absolute atomic E-state index is 11.5. The van der Waals surface area contributed by atoms with E-state index in [1.54, 1.807) is 0 Å². The summed E-state index contributed by atoms with van der Waals surface area (Å²) in [5, 5.41) is 9.16. The average Bonchev–Trinajstić information content (AvgIpc) is 2.11. The van der Waals surface area contributed by atoms with E-state index in [4.69, 9.17) is 16.7 Å². The summed E-state index contributed by atoms with van der Waals surface area (Å²) in [5.74, 6) is -1.12. The molecule has 1 aromatic rings. The molecule has 88 valence electrons. The van der Waals surface area contributed by atoms with Gasteiger partial charge in [0.05, 0.1) is 0 Å². The summed E-state index contributed by atoms with van der Waals surface area (Å²) in [6.07, 6.45) is 0. The maximum atomic E-state index is 11.5. The van der Waals surface area contributed by atoms with Crippen molar-refractivity contribution in [2.24, 2.45) is 7.05 Å². The van der Waals surface area contributed by atoms with Crippen molar-refractivity contribution in [2.45, 2.75) is 26.2 Å². The highest BCUT2D eigenvalue weighted by Gasteiger charge is 2.25. The number of hydrogen-bond donors (Lipinski definition) is 1. The van der Waals surface area contributed by atoms with E-state index in [1.807, 2.05) is 20.8 Å². The molecular formula is C11H14ClNO3. The fourth-order valence-corrected chi connectivity index (χ4v) is 1.77. The maximum Gasteiger partial charge on any atom is 0.352 e. The fourth-order valence-electron chi connectivity index (χ4n) is 1.53. The van der Waals surface area contributed by atoms with Crippen LogP contribution in [0.3, 0.4) is 0 Å². The summed E-state index contributed by atoms with van der Waals surface area (Å²) in [4.78, 5) is 22.7. The minimum Gasteiger partial charge on any atom is -0.477 e. The number of carboxylic acids is 1. The van der Waals surface area contributed by atoms with Crippen molar-refractivity contribution in [3.05, 3.63) is 32.7 Å². The van der Waals surface area contributed by atoms with Gasteiger partial charge >= 0.3 is 5.97 Å². The number of rotatable bonds is 1. The summed E-state index contributed by atoms with van der Waals surface area (Å²) in [7, 11) is 1.41. The third-order valence-electron chi connectivity index (χ3n) is 2.38. The van der Waals surface area contributed by atoms with E-state index in [-0.39, 0.29) is 16.1 Å². The molecule has 1 aromatic heterocycles. The molecule has 0 unspecified atom stereocenters. The van der Waals surface area contributed by atoms with Crippen molar-refractivity contribution >= 4 is 17.6 Å². The van der Waals surface area contributed by atoms with Crippen LogP contribution in [0.25, 0.3) is 0 Å². The van der Waals surface area contributed by atoms with Gasteiger partial charge in [-0.15, -0.1) is 0 Å². The van der Waals surface area contributed by atoms with Crippen molar-refractivity contribution in [2.75, 3.05) is 0 Å². The van der Waals surface area contributed by atoms with Gasteiger partial charge in [0.2, 0.25) is 0 Å². The number of nitrogens with zero attached hydrogens (tertiary/aromatic N) is 1. The van der Waals surface area contributed by atoms with Crippen LogP contribution < -0.4 is 5.56 Å². The van der Waals surface area contributed by atoms with E-state index < -0.39 is 11.5 Å². The Balaban J connectivity index is 3.74. The first-order valence-electron chi connectivity index (χ1n) is 4.79. The van der Waals surface area contributed by atoms with Crippen molar-refractivity contribution < 1.29 is 9.90 Å². The largest absolute Gasteiger partial charge is 0.477 e. The molecule has 1 N–H and O–H groups in total. The summed E-state index contributed by atoms with van der Waals surface area (Å²) in [6.45, 7) is 5.61. The van der Waals surface area contributed by atoms with Crippen LogP contribution in [0, 0.1) is 0 Å². The second kappa shape index (κ2) is 3.94. The second-order valence-electron chi connectivity index (χ2n) is 4.67. The Morgan fingerprint density at radius 1 is 1.44 bits per heavy atom. The Morgan fingerprint density at radius 2 is 1.94 bits per heavy atom. The minimum atomic E-state index is -1.12. The fraction of sp³-hybridized carbons (Fsp3) is 0.455. The molecule has 0 fully saturated rings. The minimum absolute atomic E-state index is 0.0121. The predicted octanol–water partition coefficient (Wildman–Crippen LogP) is 2.03. The molecule has 0 aliphatic carbocycles. The first-order valence-corrected chi connectivity index (χ1v) is 5.17. The van der Waals surface area contributed by atoms with Gasteiger partial charge in [0, 0.05) is 7.05 Å². The SMILES string of the molecule is Cn1c(C(=O)O)c(C(C)(C)C)cc(Cl)c1=O. The Bertz CT molecular complexity index is 497. The molecule has 0 radical (unpaired) electrons. The van der Waals surface area contributed by atoms with Crippen LogP contribution >= 0.6 is 11.6 Å². The molecule has 0 saturated heterocycles. The van der Waals surface area contributed by atoms with Crippen molar-refractivity contribution in [1.29, 1.82) is 0 Å². The Hall–Kier alpha value is -1.29. The zero-order valence-electron chi connectivity index (χ0n) is 9.67. The summed E-state index contributed by atoms with van der Waals surface area (Å²) in [5.41, 5.74) is -0.343. The van der Waals surface area contributed by atoms with Gasteiger partial charge < -0.3 is 9.67 Å². The first-order chi connectivity index (χ1) is 7.16. The lowest BCUT2D eigenvalue weighted by molar-refractivity contribution is 0.0681. The van der Waals surface area contributed by atoms with Gasteiger partial charge in [-0.3, -0.25) is 4.79 Å². The number of carbonyl (C=O) groups is 1. The highest BCUT2D eigenvalue weighted by Crippen LogP contribution is 2.26.